The van der Waals surface area contributed by atoms with Crippen LogP contribution in [-0.4, -0.2) is 11.1 Å². The van der Waals surface area contributed by atoms with Gasteiger partial charge in [-0.1, -0.05) is 25.8 Å². The molecule has 2 heteroatoms. The van der Waals surface area contributed by atoms with Crippen molar-refractivity contribution >= 4 is 0 Å². The van der Waals surface area contributed by atoms with Crippen molar-refractivity contribution in [3.05, 3.63) is 29.3 Å². The Morgan fingerprint density at radius 1 is 1.39 bits per heavy atom. The molecule has 3 rings (SSSR count). The molecular weight excluding hydrogens is 222 g/mol. The molecule has 3 N–H and O–H groups in total. The first-order valence-corrected chi connectivity index (χ1v) is 7.25. The summed E-state index contributed by atoms with van der Waals surface area (Å²) >= 11 is 0. The summed E-state index contributed by atoms with van der Waals surface area (Å²) in [6, 6.07) is 6.17. The Morgan fingerprint density at radius 2 is 2.22 bits per heavy atom. The predicted molar refractivity (Wildman–Crippen MR) is 73.7 cm³/mol. The molecule has 1 aromatic carbocycles. The van der Waals surface area contributed by atoms with E-state index in [1.54, 1.807) is 0 Å². The Balaban J connectivity index is 2.18. The average molecular weight is 245 g/mol. The quantitative estimate of drug-likeness (QED) is 0.798. The first-order chi connectivity index (χ1) is 8.67. The molecule has 0 radical (unpaired) electrons. The lowest BCUT2D eigenvalue weighted by molar-refractivity contribution is 0.227. The van der Waals surface area contributed by atoms with Crippen molar-refractivity contribution in [2.24, 2.45) is 11.7 Å². The van der Waals surface area contributed by atoms with Gasteiger partial charge in [0.05, 0.1) is 0 Å². The number of hydrogen-bond donors (Lipinski definition) is 2. The normalized spacial score (nSPS) is 34.8. The van der Waals surface area contributed by atoms with E-state index >= 15 is 0 Å². The minimum Gasteiger partial charge on any atom is -0.508 e. The lowest BCUT2D eigenvalue weighted by atomic mass is 9.61. The maximum atomic E-state index is 9.81. The van der Waals surface area contributed by atoms with Gasteiger partial charge in [0, 0.05) is 11.5 Å². The van der Waals surface area contributed by atoms with Crippen LogP contribution >= 0.6 is 0 Å². The third kappa shape index (κ3) is 1.58. The van der Waals surface area contributed by atoms with Crippen LogP contribution in [0.25, 0.3) is 0 Å². The van der Waals surface area contributed by atoms with E-state index in [0.29, 0.717) is 11.7 Å². The largest absolute Gasteiger partial charge is 0.508 e. The lowest BCUT2D eigenvalue weighted by Gasteiger charge is -2.46. The van der Waals surface area contributed by atoms with E-state index in [2.05, 4.69) is 13.0 Å². The summed E-state index contributed by atoms with van der Waals surface area (Å²) in [6.07, 6.45) is 7.20. The van der Waals surface area contributed by atoms with Crippen LogP contribution in [0, 0.1) is 5.92 Å². The fourth-order valence-corrected chi connectivity index (χ4v) is 4.28. The zero-order valence-electron chi connectivity index (χ0n) is 11.2. The number of nitrogens with two attached hydrogens (primary N) is 1. The molecule has 2 aliphatic carbocycles. The standard InChI is InChI=1S/C16H23NO/c1-2-16-8-4-3-5-12(15(16)17)9-11-6-7-13(18)10-14(11)16/h6-7,10,12,15,18H,2-5,8-9,17H2,1H3/t12?,15-,16+/m0/s1. The second-order valence-electron chi connectivity index (χ2n) is 6.09. The SMILES string of the molecule is CC[C@@]12CCCCC(Cc3ccc(O)cc31)[C@@H]2N. The minimum absolute atomic E-state index is 0.105. The van der Waals surface area contributed by atoms with Gasteiger partial charge >= 0.3 is 0 Å². The summed E-state index contributed by atoms with van der Waals surface area (Å²) in [5, 5.41) is 9.81. The number of phenolic OH excluding ortho intramolecular Hbond substituents is 1. The highest BCUT2D eigenvalue weighted by molar-refractivity contribution is 5.44. The summed E-state index contributed by atoms with van der Waals surface area (Å²) < 4.78 is 0. The van der Waals surface area contributed by atoms with Crippen molar-refractivity contribution in [3.8, 4) is 5.75 Å². The van der Waals surface area contributed by atoms with Crippen molar-refractivity contribution < 1.29 is 5.11 Å². The summed E-state index contributed by atoms with van der Waals surface area (Å²) in [5.41, 5.74) is 9.47. The van der Waals surface area contributed by atoms with E-state index in [1.807, 2.05) is 12.1 Å². The molecule has 0 aromatic heterocycles. The molecule has 1 unspecified atom stereocenters. The second kappa shape index (κ2) is 4.27. The van der Waals surface area contributed by atoms with Crippen LogP contribution in [-0.2, 0) is 11.8 Å². The van der Waals surface area contributed by atoms with Crippen LogP contribution in [0.4, 0.5) is 0 Å². The number of benzene rings is 1. The van der Waals surface area contributed by atoms with Crippen molar-refractivity contribution in [3.63, 3.8) is 0 Å². The Kier molecular flexibility index (Phi) is 2.86. The van der Waals surface area contributed by atoms with Crippen molar-refractivity contribution in [1.82, 2.24) is 0 Å². The zero-order chi connectivity index (χ0) is 12.8. The average Bonchev–Trinajstić information content (AvgIpc) is 2.48. The number of fused-ring (bicyclic) bond motifs is 4. The van der Waals surface area contributed by atoms with Gasteiger partial charge in [0.15, 0.2) is 0 Å². The van der Waals surface area contributed by atoms with Gasteiger partial charge in [-0.05, 0) is 54.9 Å². The van der Waals surface area contributed by atoms with Gasteiger partial charge in [-0.2, -0.15) is 0 Å². The smallest absolute Gasteiger partial charge is 0.115 e. The van der Waals surface area contributed by atoms with Crippen LogP contribution in [0.3, 0.4) is 0 Å². The number of aromatic hydroxyl groups is 1. The van der Waals surface area contributed by atoms with E-state index in [1.165, 1.54) is 36.8 Å². The fraction of sp³-hybridized carbons (Fsp3) is 0.625. The maximum absolute atomic E-state index is 9.81. The third-order valence-corrected chi connectivity index (χ3v) is 5.34. The number of hydrogen-bond acceptors (Lipinski definition) is 2. The molecule has 0 amide bonds. The van der Waals surface area contributed by atoms with Gasteiger partial charge in [-0.3, -0.25) is 0 Å². The Labute approximate surface area is 109 Å². The Morgan fingerprint density at radius 3 is 3.00 bits per heavy atom. The molecule has 2 aliphatic rings. The molecule has 1 saturated carbocycles. The molecule has 3 atom stereocenters. The lowest BCUT2D eigenvalue weighted by Crippen LogP contribution is -2.52. The molecule has 2 bridgehead atoms. The Bertz CT molecular complexity index is 456. The topological polar surface area (TPSA) is 46.2 Å². The molecule has 2 nitrogen and oxygen atoms in total. The second-order valence-corrected chi connectivity index (χ2v) is 6.09. The van der Waals surface area contributed by atoms with E-state index in [0.717, 1.165) is 12.8 Å². The van der Waals surface area contributed by atoms with Gasteiger partial charge < -0.3 is 10.8 Å². The molecule has 0 heterocycles. The Hall–Kier alpha value is -1.02. The van der Waals surface area contributed by atoms with E-state index < -0.39 is 0 Å². The van der Waals surface area contributed by atoms with Gasteiger partial charge in [0.2, 0.25) is 0 Å². The molecular formula is C16H23NO. The van der Waals surface area contributed by atoms with Gasteiger partial charge in [-0.15, -0.1) is 0 Å². The van der Waals surface area contributed by atoms with Crippen LogP contribution in [0.2, 0.25) is 0 Å². The van der Waals surface area contributed by atoms with Crippen LogP contribution in [0.15, 0.2) is 18.2 Å². The van der Waals surface area contributed by atoms with Gasteiger partial charge in [0.25, 0.3) is 0 Å². The number of phenols is 1. The van der Waals surface area contributed by atoms with Crippen LogP contribution < -0.4 is 5.73 Å². The van der Waals surface area contributed by atoms with Crippen LogP contribution in [0.5, 0.6) is 5.75 Å². The third-order valence-electron chi connectivity index (χ3n) is 5.34. The summed E-state index contributed by atoms with van der Waals surface area (Å²) in [5.74, 6) is 1.01. The molecule has 18 heavy (non-hydrogen) atoms. The van der Waals surface area contributed by atoms with Crippen molar-refractivity contribution in [2.75, 3.05) is 0 Å². The van der Waals surface area contributed by atoms with Crippen molar-refractivity contribution in [1.29, 1.82) is 0 Å². The predicted octanol–water partition coefficient (Wildman–Crippen LogP) is 3.11. The van der Waals surface area contributed by atoms with E-state index in [-0.39, 0.29) is 11.5 Å². The van der Waals surface area contributed by atoms with Crippen molar-refractivity contribution in [2.45, 2.75) is 56.9 Å². The molecule has 0 spiro atoms. The molecule has 98 valence electrons. The zero-order valence-corrected chi connectivity index (χ0v) is 11.2. The molecule has 1 fully saturated rings. The highest BCUT2D eigenvalue weighted by Crippen LogP contribution is 2.49. The monoisotopic (exact) mass is 245 g/mol. The van der Waals surface area contributed by atoms with Crippen LogP contribution in [0.1, 0.15) is 50.2 Å². The highest BCUT2D eigenvalue weighted by Gasteiger charge is 2.46. The summed E-state index contributed by atoms with van der Waals surface area (Å²) in [6.45, 7) is 2.25. The van der Waals surface area contributed by atoms with Gasteiger partial charge in [0.1, 0.15) is 5.75 Å². The summed E-state index contributed by atoms with van der Waals surface area (Å²) in [7, 11) is 0. The van der Waals surface area contributed by atoms with E-state index in [9.17, 15) is 5.11 Å². The van der Waals surface area contributed by atoms with Gasteiger partial charge in [-0.25, -0.2) is 0 Å². The molecule has 0 saturated heterocycles. The summed E-state index contributed by atoms with van der Waals surface area (Å²) in [4.78, 5) is 0. The van der Waals surface area contributed by atoms with E-state index in [4.69, 9.17) is 5.73 Å². The molecule has 1 aromatic rings. The first kappa shape index (κ1) is 12.0. The molecule has 0 aliphatic heterocycles. The maximum Gasteiger partial charge on any atom is 0.115 e. The fourth-order valence-electron chi connectivity index (χ4n) is 4.28. The highest BCUT2D eigenvalue weighted by atomic mass is 16.3. The first-order valence-electron chi connectivity index (χ1n) is 7.25. The minimum atomic E-state index is 0.105. The number of rotatable bonds is 1.